The summed E-state index contributed by atoms with van der Waals surface area (Å²) in [6.07, 6.45) is 4.23. The number of nitrogens with one attached hydrogen (secondary N) is 1. The molecule has 2 N–H and O–H groups in total. The van der Waals surface area contributed by atoms with Gasteiger partial charge in [0.25, 0.3) is 11.7 Å². The minimum Gasteiger partial charge on any atom is -0.506 e. The lowest BCUT2D eigenvalue weighted by atomic mass is 10.0. The number of ketones is 1. The molecule has 0 spiro atoms. The molecule has 1 amide bonds. The van der Waals surface area contributed by atoms with Crippen LogP contribution in [0.3, 0.4) is 0 Å². The Morgan fingerprint density at radius 1 is 1.03 bits per heavy atom. The number of phenols is 1. The quantitative estimate of drug-likeness (QED) is 0.298. The molecule has 0 saturated heterocycles. The number of hydrogen-bond donors (Lipinski definition) is 2. The first kappa shape index (κ1) is 21.9. The number of carbonyl (C=O) groups is 2. The van der Waals surface area contributed by atoms with Crippen molar-refractivity contribution in [2.45, 2.75) is 20.4 Å². The van der Waals surface area contributed by atoms with Crippen LogP contribution in [0.5, 0.6) is 5.75 Å². The van der Waals surface area contributed by atoms with Gasteiger partial charge in [0.05, 0.1) is 26.8 Å². The Balaban J connectivity index is 1.76. The second-order valence-corrected chi connectivity index (χ2v) is 8.29. The van der Waals surface area contributed by atoms with E-state index < -0.39 is 11.7 Å². The number of pyridine rings is 1. The first-order valence-electron chi connectivity index (χ1n) is 9.78. The Morgan fingerprint density at radius 3 is 2.31 bits per heavy atom. The van der Waals surface area contributed by atoms with E-state index in [4.69, 9.17) is 23.2 Å². The second kappa shape index (κ2) is 8.65. The third-order valence-corrected chi connectivity index (χ3v) is 5.97. The molecular weight excluding hydrogens is 449 g/mol. The van der Waals surface area contributed by atoms with Crippen LogP contribution < -0.4 is 5.32 Å². The summed E-state index contributed by atoms with van der Waals surface area (Å²) in [5, 5.41) is 13.7. The number of phenolic OH excluding ortho intramolecular Hbond substituents is 1. The fourth-order valence-electron chi connectivity index (χ4n) is 3.74. The number of para-hydroxylation sites is 1. The number of halogens is 2. The largest absolute Gasteiger partial charge is 0.506 e. The van der Waals surface area contributed by atoms with Crippen molar-refractivity contribution in [2.75, 3.05) is 5.32 Å². The number of rotatable bonds is 5. The Kier molecular flexibility index (Phi) is 5.91. The molecule has 2 aromatic heterocycles. The van der Waals surface area contributed by atoms with E-state index in [-0.39, 0.29) is 27.0 Å². The number of amides is 1. The predicted octanol–water partition coefficient (Wildman–Crippen LogP) is 5.54. The van der Waals surface area contributed by atoms with E-state index in [1.807, 2.05) is 32.0 Å². The molecular formula is C24H19Cl2N3O3. The molecule has 0 atom stereocenters. The van der Waals surface area contributed by atoms with Crippen molar-refractivity contribution >= 4 is 51.5 Å². The summed E-state index contributed by atoms with van der Waals surface area (Å²) >= 11 is 12.1. The van der Waals surface area contributed by atoms with Crippen molar-refractivity contribution in [1.29, 1.82) is 0 Å². The Labute approximate surface area is 194 Å². The maximum absolute atomic E-state index is 13.1. The Bertz CT molecular complexity index is 1340. The molecule has 2 heterocycles. The standard InChI is InChI=1S/C24H19Cl2N3O3/c1-13-5-3-6-14(2)16(13)11-29-12-17(15-7-4-8-20(30)22(15)29)23(31)24(32)28-21-18(25)9-27-10-19(21)26/h3-10,12,30H,11H2,1-2H3,(H,27,28,32). The average Bonchev–Trinajstić information content (AvgIpc) is 3.12. The number of aryl methyl sites for hydroxylation is 2. The van der Waals surface area contributed by atoms with Gasteiger partial charge in [-0.05, 0) is 36.6 Å². The van der Waals surface area contributed by atoms with E-state index in [1.54, 1.807) is 29.0 Å². The van der Waals surface area contributed by atoms with Gasteiger partial charge in [-0.2, -0.15) is 0 Å². The SMILES string of the molecule is Cc1cccc(C)c1Cn1cc(C(=O)C(=O)Nc2c(Cl)cncc2Cl)c2cccc(O)c21. The third kappa shape index (κ3) is 3.95. The van der Waals surface area contributed by atoms with Gasteiger partial charge in [0.2, 0.25) is 0 Å². The number of Topliss-reactive ketones (excluding diaryl/α,β-unsaturated/α-hetero) is 1. The molecule has 2 aromatic carbocycles. The van der Waals surface area contributed by atoms with Crippen LogP contribution in [0.1, 0.15) is 27.0 Å². The van der Waals surface area contributed by atoms with Crippen molar-refractivity contribution < 1.29 is 14.7 Å². The van der Waals surface area contributed by atoms with Crippen LogP contribution in [-0.4, -0.2) is 26.3 Å². The summed E-state index contributed by atoms with van der Waals surface area (Å²) in [6.45, 7) is 4.45. The maximum Gasteiger partial charge on any atom is 0.296 e. The first-order chi connectivity index (χ1) is 15.3. The molecule has 0 aliphatic carbocycles. The molecule has 0 aliphatic rings. The third-order valence-electron chi connectivity index (χ3n) is 5.39. The smallest absolute Gasteiger partial charge is 0.296 e. The number of anilines is 1. The number of fused-ring (bicyclic) bond motifs is 1. The molecule has 6 nitrogen and oxygen atoms in total. The predicted molar refractivity (Wildman–Crippen MR) is 126 cm³/mol. The summed E-state index contributed by atoms with van der Waals surface area (Å²) in [7, 11) is 0. The zero-order valence-corrected chi connectivity index (χ0v) is 18.8. The highest BCUT2D eigenvalue weighted by Gasteiger charge is 2.24. The van der Waals surface area contributed by atoms with Crippen LogP contribution in [0.25, 0.3) is 10.9 Å². The van der Waals surface area contributed by atoms with Gasteiger partial charge in [-0.3, -0.25) is 14.6 Å². The van der Waals surface area contributed by atoms with Gasteiger partial charge < -0.3 is 15.0 Å². The molecule has 4 aromatic rings. The minimum atomic E-state index is -0.894. The van der Waals surface area contributed by atoms with Gasteiger partial charge >= 0.3 is 0 Å². The number of nitrogens with zero attached hydrogens (tertiary/aromatic N) is 2. The van der Waals surface area contributed by atoms with Gasteiger partial charge in [0.15, 0.2) is 0 Å². The second-order valence-electron chi connectivity index (χ2n) is 7.48. The highest BCUT2D eigenvalue weighted by Crippen LogP contribution is 2.32. The van der Waals surface area contributed by atoms with Gasteiger partial charge in [-0.15, -0.1) is 0 Å². The fraction of sp³-hybridized carbons (Fsp3) is 0.125. The molecule has 0 saturated carbocycles. The maximum atomic E-state index is 13.1. The monoisotopic (exact) mass is 467 g/mol. The van der Waals surface area contributed by atoms with E-state index in [9.17, 15) is 14.7 Å². The van der Waals surface area contributed by atoms with Crippen LogP contribution in [0.15, 0.2) is 55.0 Å². The molecule has 0 aliphatic heterocycles. The molecule has 0 fully saturated rings. The number of carbonyl (C=O) groups excluding carboxylic acids is 2. The van der Waals surface area contributed by atoms with E-state index in [0.29, 0.717) is 17.4 Å². The lowest BCUT2D eigenvalue weighted by Crippen LogP contribution is -2.23. The fourth-order valence-corrected chi connectivity index (χ4v) is 4.20. The highest BCUT2D eigenvalue weighted by molar-refractivity contribution is 6.50. The molecule has 4 rings (SSSR count). The molecule has 0 radical (unpaired) electrons. The first-order valence-corrected chi connectivity index (χ1v) is 10.5. The number of aromatic hydroxyl groups is 1. The van der Waals surface area contributed by atoms with Gasteiger partial charge in [0.1, 0.15) is 5.75 Å². The van der Waals surface area contributed by atoms with Crippen molar-refractivity contribution in [3.8, 4) is 5.75 Å². The zero-order valence-electron chi connectivity index (χ0n) is 17.3. The van der Waals surface area contributed by atoms with Crippen LogP contribution in [-0.2, 0) is 11.3 Å². The highest BCUT2D eigenvalue weighted by atomic mass is 35.5. The number of hydrogen-bond acceptors (Lipinski definition) is 4. The summed E-state index contributed by atoms with van der Waals surface area (Å²) in [5.74, 6) is -1.65. The van der Waals surface area contributed by atoms with Gasteiger partial charge in [0, 0.05) is 30.5 Å². The van der Waals surface area contributed by atoms with E-state index in [2.05, 4.69) is 10.3 Å². The molecule has 162 valence electrons. The summed E-state index contributed by atoms with van der Waals surface area (Å²) in [6, 6.07) is 10.9. The van der Waals surface area contributed by atoms with Crippen molar-refractivity contribution in [3.63, 3.8) is 0 Å². The van der Waals surface area contributed by atoms with Crippen LogP contribution in [0, 0.1) is 13.8 Å². The van der Waals surface area contributed by atoms with Gasteiger partial charge in [-0.25, -0.2) is 0 Å². The lowest BCUT2D eigenvalue weighted by Gasteiger charge is -2.12. The summed E-state index contributed by atoms with van der Waals surface area (Å²) in [5.41, 5.74) is 4.02. The van der Waals surface area contributed by atoms with Crippen molar-refractivity contribution in [1.82, 2.24) is 9.55 Å². The minimum absolute atomic E-state index is 0.0217. The molecule has 0 unspecified atom stereocenters. The van der Waals surface area contributed by atoms with Crippen molar-refractivity contribution in [3.05, 3.63) is 87.3 Å². The van der Waals surface area contributed by atoms with E-state index in [1.165, 1.54) is 12.4 Å². The van der Waals surface area contributed by atoms with Crippen molar-refractivity contribution in [2.24, 2.45) is 0 Å². The Morgan fingerprint density at radius 2 is 1.66 bits per heavy atom. The van der Waals surface area contributed by atoms with Crippen LogP contribution in [0.4, 0.5) is 5.69 Å². The van der Waals surface area contributed by atoms with E-state index in [0.717, 1.165) is 16.7 Å². The van der Waals surface area contributed by atoms with E-state index >= 15 is 0 Å². The topological polar surface area (TPSA) is 84.2 Å². The normalized spacial score (nSPS) is 11.0. The number of aromatic nitrogens is 2. The molecule has 0 bridgehead atoms. The lowest BCUT2D eigenvalue weighted by molar-refractivity contribution is -0.112. The van der Waals surface area contributed by atoms with Crippen LogP contribution >= 0.6 is 23.2 Å². The summed E-state index contributed by atoms with van der Waals surface area (Å²) < 4.78 is 1.78. The number of benzene rings is 2. The zero-order chi connectivity index (χ0) is 23.0. The summed E-state index contributed by atoms with van der Waals surface area (Å²) in [4.78, 5) is 29.7. The molecule has 32 heavy (non-hydrogen) atoms. The van der Waals surface area contributed by atoms with Crippen LogP contribution in [0.2, 0.25) is 10.0 Å². The van der Waals surface area contributed by atoms with Gasteiger partial charge in [-0.1, -0.05) is 53.5 Å². The Hall–Kier alpha value is -3.35. The average molecular weight is 468 g/mol. The molecule has 8 heteroatoms.